The van der Waals surface area contributed by atoms with E-state index in [9.17, 15) is 4.79 Å². The second-order valence-corrected chi connectivity index (χ2v) is 5.86. The van der Waals surface area contributed by atoms with Crippen molar-refractivity contribution in [2.45, 2.75) is 17.9 Å². The van der Waals surface area contributed by atoms with E-state index < -0.39 is 0 Å². The van der Waals surface area contributed by atoms with Crippen LogP contribution in [-0.2, 0) is 10.2 Å². The minimum atomic E-state index is -0.0545. The van der Waals surface area contributed by atoms with Gasteiger partial charge in [0.1, 0.15) is 0 Å². The lowest BCUT2D eigenvalue weighted by atomic mass is 9.68. The van der Waals surface area contributed by atoms with Crippen molar-refractivity contribution in [2.24, 2.45) is 0 Å². The van der Waals surface area contributed by atoms with Crippen LogP contribution in [-0.4, -0.2) is 18.5 Å². The van der Waals surface area contributed by atoms with Gasteiger partial charge in [0.15, 0.2) is 0 Å². The van der Waals surface area contributed by atoms with Crippen LogP contribution in [0.1, 0.15) is 12.0 Å². The Morgan fingerprint density at radius 2 is 2.10 bits per heavy atom. The van der Waals surface area contributed by atoms with Gasteiger partial charge in [-0.05, 0) is 29.7 Å². The molecule has 3 aliphatic heterocycles. The Morgan fingerprint density at radius 3 is 3.05 bits per heavy atom. The van der Waals surface area contributed by atoms with Crippen LogP contribution in [0.2, 0.25) is 0 Å². The molecule has 5 rings (SSSR count). The SMILES string of the molecule is O=C1C=CC2=CC=C3NCC[C@@]34c3ccccc3N1[C@@H]24. The van der Waals surface area contributed by atoms with Crippen LogP contribution in [0.15, 0.2) is 59.8 Å². The average molecular weight is 262 g/mol. The lowest BCUT2D eigenvalue weighted by Gasteiger charge is -2.40. The Bertz CT molecular complexity index is 743. The van der Waals surface area contributed by atoms with Crippen LogP contribution in [0.4, 0.5) is 5.69 Å². The number of fused-ring (bicyclic) bond motifs is 2. The zero-order valence-electron chi connectivity index (χ0n) is 11.0. The van der Waals surface area contributed by atoms with Crippen molar-refractivity contribution in [1.29, 1.82) is 0 Å². The van der Waals surface area contributed by atoms with Crippen molar-refractivity contribution >= 4 is 11.6 Å². The molecule has 2 atom stereocenters. The summed E-state index contributed by atoms with van der Waals surface area (Å²) in [4.78, 5) is 14.4. The summed E-state index contributed by atoms with van der Waals surface area (Å²) in [6.07, 6.45) is 9.08. The van der Waals surface area contributed by atoms with Gasteiger partial charge in [-0.2, -0.15) is 0 Å². The zero-order chi connectivity index (χ0) is 13.3. The van der Waals surface area contributed by atoms with E-state index >= 15 is 0 Å². The monoisotopic (exact) mass is 262 g/mol. The summed E-state index contributed by atoms with van der Waals surface area (Å²) in [6.45, 7) is 0.976. The second kappa shape index (κ2) is 3.23. The molecule has 98 valence electrons. The number of amides is 1. The van der Waals surface area contributed by atoms with Crippen LogP contribution in [0.5, 0.6) is 0 Å². The molecule has 1 fully saturated rings. The van der Waals surface area contributed by atoms with Crippen molar-refractivity contribution < 1.29 is 4.79 Å². The quantitative estimate of drug-likeness (QED) is 0.776. The number of benzene rings is 1. The van der Waals surface area contributed by atoms with Gasteiger partial charge in [0.25, 0.3) is 5.91 Å². The van der Waals surface area contributed by atoms with Crippen LogP contribution in [0.3, 0.4) is 0 Å². The fourth-order valence-corrected chi connectivity index (χ4v) is 4.37. The first-order valence-electron chi connectivity index (χ1n) is 7.09. The molecular formula is C17H14N2O. The molecule has 1 aromatic rings. The fourth-order valence-electron chi connectivity index (χ4n) is 4.37. The van der Waals surface area contributed by atoms with Gasteiger partial charge >= 0.3 is 0 Å². The maximum absolute atomic E-state index is 12.4. The number of carbonyl (C=O) groups is 1. The first-order valence-corrected chi connectivity index (χ1v) is 7.09. The molecular weight excluding hydrogens is 248 g/mol. The highest BCUT2D eigenvalue weighted by atomic mass is 16.2. The number of carbonyl (C=O) groups excluding carboxylic acids is 1. The third kappa shape index (κ3) is 0.953. The number of hydrogen-bond acceptors (Lipinski definition) is 2. The van der Waals surface area contributed by atoms with Gasteiger partial charge in [0.2, 0.25) is 0 Å². The predicted molar refractivity (Wildman–Crippen MR) is 77.3 cm³/mol. The van der Waals surface area contributed by atoms with Crippen LogP contribution in [0.25, 0.3) is 0 Å². The predicted octanol–water partition coefficient (Wildman–Crippen LogP) is 2.03. The Kier molecular flexibility index (Phi) is 1.70. The number of nitrogens with zero attached hydrogens (tertiary/aromatic N) is 1. The van der Waals surface area contributed by atoms with E-state index in [0.717, 1.165) is 18.7 Å². The molecule has 0 radical (unpaired) electrons. The standard InChI is InChI=1S/C17H14N2O/c20-15-8-6-11-5-7-14-17(9-10-18-14)12-3-1-2-4-13(12)19(15)16(11)17/h1-8,16,18H,9-10H2/t16-,17+/m0/s1. The first kappa shape index (κ1) is 10.5. The molecule has 1 amide bonds. The van der Waals surface area contributed by atoms with E-state index in [-0.39, 0.29) is 17.4 Å². The highest BCUT2D eigenvalue weighted by Crippen LogP contribution is 2.57. The molecule has 20 heavy (non-hydrogen) atoms. The van der Waals surface area contributed by atoms with Gasteiger partial charge in [-0.1, -0.05) is 30.4 Å². The zero-order valence-corrected chi connectivity index (χ0v) is 11.0. The third-order valence-electron chi connectivity index (χ3n) is 5.10. The van der Waals surface area contributed by atoms with Gasteiger partial charge < -0.3 is 5.32 Å². The molecule has 0 saturated carbocycles. The molecule has 0 bridgehead atoms. The number of para-hydroxylation sites is 1. The van der Waals surface area contributed by atoms with E-state index in [0.29, 0.717) is 0 Å². The number of rotatable bonds is 0. The number of anilines is 1. The van der Waals surface area contributed by atoms with Gasteiger partial charge in [0, 0.05) is 24.0 Å². The molecule has 1 aromatic carbocycles. The normalized spacial score (nSPS) is 32.1. The number of hydrogen-bond donors (Lipinski definition) is 1. The highest BCUT2D eigenvalue weighted by Gasteiger charge is 2.59. The average Bonchev–Trinajstić information content (AvgIpc) is 3.04. The molecule has 1 N–H and O–H groups in total. The van der Waals surface area contributed by atoms with Crippen LogP contribution >= 0.6 is 0 Å². The maximum atomic E-state index is 12.4. The van der Waals surface area contributed by atoms with Crippen molar-refractivity contribution in [3.05, 3.63) is 65.4 Å². The molecule has 0 unspecified atom stereocenters. The van der Waals surface area contributed by atoms with Crippen LogP contribution in [0, 0.1) is 0 Å². The van der Waals surface area contributed by atoms with Gasteiger partial charge in [-0.25, -0.2) is 0 Å². The third-order valence-corrected chi connectivity index (χ3v) is 5.10. The Morgan fingerprint density at radius 1 is 1.20 bits per heavy atom. The van der Waals surface area contributed by atoms with Gasteiger partial charge in [-0.15, -0.1) is 0 Å². The molecule has 0 aromatic heterocycles. The van der Waals surface area contributed by atoms with Crippen molar-refractivity contribution in [3.63, 3.8) is 0 Å². The molecule has 4 aliphatic rings. The molecule has 1 spiro atoms. The topological polar surface area (TPSA) is 32.3 Å². The van der Waals surface area contributed by atoms with E-state index in [1.165, 1.54) is 16.8 Å². The molecule has 3 nitrogen and oxygen atoms in total. The van der Waals surface area contributed by atoms with E-state index in [1.54, 1.807) is 6.08 Å². The van der Waals surface area contributed by atoms with Gasteiger partial charge in [0.05, 0.1) is 11.5 Å². The van der Waals surface area contributed by atoms with E-state index in [1.807, 2.05) is 17.0 Å². The fraction of sp³-hybridized carbons (Fsp3) is 0.235. The summed E-state index contributed by atoms with van der Waals surface area (Å²) in [5, 5.41) is 3.52. The van der Waals surface area contributed by atoms with E-state index in [2.05, 4.69) is 35.7 Å². The number of allylic oxidation sites excluding steroid dienone is 2. The summed E-state index contributed by atoms with van der Waals surface area (Å²) in [5.74, 6) is 0.102. The lowest BCUT2D eigenvalue weighted by Crippen LogP contribution is -2.51. The first-order chi connectivity index (χ1) is 9.82. The van der Waals surface area contributed by atoms with E-state index in [4.69, 9.17) is 0 Å². The minimum Gasteiger partial charge on any atom is -0.387 e. The molecule has 1 saturated heterocycles. The van der Waals surface area contributed by atoms with Crippen LogP contribution < -0.4 is 10.2 Å². The summed E-state index contributed by atoms with van der Waals surface area (Å²) in [7, 11) is 0. The maximum Gasteiger partial charge on any atom is 0.251 e. The lowest BCUT2D eigenvalue weighted by molar-refractivity contribution is -0.114. The molecule has 3 heterocycles. The summed E-state index contributed by atoms with van der Waals surface area (Å²) in [6, 6.07) is 8.50. The van der Waals surface area contributed by atoms with Crippen molar-refractivity contribution in [3.8, 4) is 0 Å². The Labute approximate surface area is 117 Å². The molecule has 3 heteroatoms. The Balaban J connectivity index is 1.90. The molecule has 1 aliphatic carbocycles. The minimum absolute atomic E-state index is 0.0545. The van der Waals surface area contributed by atoms with Crippen molar-refractivity contribution in [2.75, 3.05) is 11.4 Å². The Hall–Kier alpha value is -2.29. The summed E-state index contributed by atoms with van der Waals surface area (Å²) >= 11 is 0. The second-order valence-electron chi connectivity index (χ2n) is 5.86. The summed E-state index contributed by atoms with van der Waals surface area (Å²) < 4.78 is 0. The highest BCUT2D eigenvalue weighted by molar-refractivity contribution is 6.07. The number of nitrogens with one attached hydrogen (secondary N) is 1. The smallest absolute Gasteiger partial charge is 0.251 e. The van der Waals surface area contributed by atoms with Crippen molar-refractivity contribution in [1.82, 2.24) is 5.32 Å². The largest absolute Gasteiger partial charge is 0.387 e. The summed E-state index contributed by atoms with van der Waals surface area (Å²) in [5.41, 5.74) is 4.83. The van der Waals surface area contributed by atoms with Gasteiger partial charge in [-0.3, -0.25) is 9.69 Å².